The molecular formula is C16H19NO2. The van der Waals surface area contributed by atoms with Crippen LogP contribution in [0.4, 0.5) is 0 Å². The zero-order valence-corrected chi connectivity index (χ0v) is 11.3. The summed E-state index contributed by atoms with van der Waals surface area (Å²) < 4.78 is 4.99. The number of likely N-dealkylation sites (tertiary alicyclic amines) is 1. The van der Waals surface area contributed by atoms with Crippen molar-refractivity contribution < 1.29 is 9.53 Å². The van der Waals surface area contributed by atoms with Crippen LogP contribution >= 0.6 is 0 Å². The molecule has 3 unspecified atom stereocenters. The van der Waals surface area contributed by atoms with Gasteiger partial charge in [-0.15, -0.1) is 0 Å². The van der Waals surface area contributed by atoms with Gasteiger partial charge < -0.3 is 4.74 Å². The van der Waals surface area contributed by atoms with Crippen LogP contribution in [-0.2, 0) is 9.53 Å². The van der Waals surface area contributed by atoms with Gasteiger partial charge in [0.1, 0.15) is 6.04 Å². The lowest BCUT2D eigenvalue weighted by Gasteiger charge is -2.35. The first-order chi connectivity index (χ1) is 9.22. The number of nitrogens with zero attached hydrogens (tertiary/aromatic N) is 1. The van der Waals surface area contributed by atoms with Gasteiger partial charge in [0, 0.05) is 18.0 Å². The fraction of sp³-hybridized carbons (Fsp3) is 0.438. The first-order valence-electron chi connectivity index (χ1n) is 6.81. The summed E-state index contributed by atoms with van der Waals surface area (Å²) in [5, 5.41) is 0. The van der Waals surface area contributed by atoms with E-state index in [9.17, 15) is 4.79 Å². The zero-order chi connectivity index (χ0) is 13.4. The molecule has 1 heterocycles. The van der Waals surface area contributed by atoms with E-state index in [4.69, 9.17) is 4.74 Å². The number of methoxy groups -OCH3 is 1. The van der Waals surface area contributed by atoms with Crippen molar-refractivity contribution in [2.24, 2.45) is 5.92 Å². The monoisotopic (exact) mass is 257 g/mol. The normalized spacial score (nSPS) is 30.5. The fourth-order valence-corrected chi connectivity index (χ4v) is 3.44. The molecule has 3 heteroatoms. The summed E-state index contributed by atoms with van der Waals surface area (Å²) in [4.78, 5) is 14.3. The van der Waals surface area contributed by atoms with Crippen molar-refractivity contribution in [3.05, 3.63) is 48.0 Å². The first-order valence-corrected chi connectivity index (χ1v) is 6.81. The van der Waals surface area contributed by atoms with Crippen LogP contribution in [-0.4, -0.2) is 30.1 Å². The molecule has 1 fully saturated rings. The number of carbonyl (C=O) groups is 1. The maximum Gasteiger partial charge on any atom is 0.323 e. The molecule has 3 nitrogen and oxygen atoms in total. The topological polar surface area (TPSA) is 29.5 Å². The molecule has 100 valence electrons. The molecule has 0 saturated carbocycles. The van der Waals surface area contributed by atoms with Crippen molar-refractivity contribution in [1.29, 1.82) is 0 Å². The van der Waals surface area contributed by atoms with Gasteiger partial charge in [0.15, 0.2) is 0 Å². The van der Waals surface area contributed by atoms with E-state index >= 15 is 0 Å². The molecule has 0 radical (unpaired) electrons. The zero-order valence-electron chi connectivity index (χ0n) is 11.3. The molecule has 1 aliphatic carbocycles. The molecule has 0 aromatic heterocycles. The predicted molar refractivity (Wildman–Crippen MR) is 73.5 cm³/mol. The second-order valence-corrected chi connectivity index (χ2v) is 5.35. The Morgan fingerprint density at radius 2 is 2.05 bits per heavy atom. The quantitative estimate of drug-likeness (QED) is 0.615. The minimum Gasteiger partial charge on any atom is -0.468 e. The predicted octanol–water partition coefficient (Wildman–Crippen LogP) is 2.55. The fourth-order valence-electron chi connectivity index (χ4n) is 3.44. The van der Waals surface area contributed by atoms with E-state index in [1.165, 1.54) is 12.7 Å². The molecule has 1 aromatic rings. The summed E-state index contributed by atoms with van der Waals surface area (Å²) in [6.45, 7) is 2.17. The molecular weight excluding hydrogens is 238 g/mol. The van der Waals surface area contributed by atoms with E-state index in [1.807, 2.05) is 18.2 Å². The lowest BCUT2D eigenvalue weighted by molar-refractivity contribution is -0.148. The number of carbonyl (C=O) groups excluding carboxylic acids is 1. The molecule has 0 spiro atoms. The number of fused-ring (bicyclic) bond motifs is 2. The second kappa shape index (κ2) is 4.82. The van der Waals surface area contributed by atoms with Crippen molar-refractivity contribution >= 4 is 5.97 Å². The highest BCUT2D eigenvalue weighted by Gasteiger charge is 2.48. The van der Waals surface area contributed by atoms with E-state index in [-0.39, 0.29) is 18.1 Å². The van der Waals surface area contributed by atoms with Gasteiger partial charge in [0.2, 0.25) is 0 Å². The lowest BCUT2D eigenvalue weighted by atomic mass is 9.99. The number of benzene rings is 1. The van der Waals surface area contributed by atoms with Crippen LogP contribution in [0.15, 0.2) is 42.5 Å². The van der Waals surface area contributed by atoms with Crippen LogP contribution in [0.5, 0.6) is 0 Å². The van der Waals surface area contributed by atoms with Crippen LogP contribution < -0.4 is 0 Å². The number of esters is 1. The van der Waals surface area contributed by atoms with Gasteiger partial charge in [0.05, 0.1) is 7.11 Å². The minimum absolute atomic E-state index is 0.111. The van der Waals surface area contributed by atoms with Crippen LogP contribution in [0.2, 0.25) is 0 Å². The third-order valence-corrected chi connectivity index (χ3v) is 4.38. The van der Waals surface area contributed by atoms with Gasteiger partial charge >= 0.3 is 5.97 Å². The smallest absolute Gasteiger partial charge is 0.323 e. The Hall–Kier alpha value is -1.61. The van der Waals surface area contributed by atoms with Crippen LogP contribution in [0, 0.1) is 5.92 Å². The van der Waals surface area contributed by atoms with Gasteiger partial charge in [-0.05, 0) is 18.9 Å². The number of hydrogen-bond donors (Lipinski definition) is 0. The molecule has 19 heavy (non-hydrogen) atoms. The summed E-state index contributed by atoms with van der Waals surface area (Å²) in [5.41, 5.74) is 1.25. The van der Waals surface area contributed by atoms with Crippen LogP contribution in [0.25, 0.3) is 0 Å². The van der Waals surface area contributed by atoms with E-state index in [0.29, 0.717) is 12.0 Å². The van der Waals surface area contributed by atoms with Crippen molar-refractivity contribution in [1.82, 2.24) is 4.90 Å². The van der Waals surface area contributed by atoms with Crippen molar-refractivity contribution in [2.45, 2.75) is 31.5 Å². The van der Waals surface area contributed by atoms with E-state index in [1.54, 1.807) is 0 Å². The highest BCUT2D eigenvalue weighted by molar-refractivity contribution is 5.77. The Kier molecular flexibility index (Phi) is 3.15. The molecule has 0 N–H and O–H groups in total. The van der Waals surface area contributed by atoms with Gasteiger partial charge in [0.25, 0.3) is 0 Å². The molecule has 2 aliphatic rings. The lowest BCUT2D eigenvalue weighted by Crippen LogP contribution is -2.45. The average Bonchev–Trinajstić information content (AvgIpc) is 3.07. The second-order valence-electron chi connectivity index (χ2n) is 5.35. The van der Waals surface area contributed by atoms with Gasteiger partial charge in [-0.1, -0.05) is 42.5 Å². The molecule has 0 amide bonds. The number of hydrogen-bond acceptors (Lipinski definition) is 3. The highest BCUT2D eigenvalue weighted by Crippen LogP contribution is 2.42. The Labute approximate surface area is 113 Å². The molecule has 1 aromatic carbocycles. The first kappa shape index (κ1) is 12.4. The number of rotatable bonds is 3. The molecule has 4 atom stereocenters. The summed E-state index contributed by atoms with van der Waals surface area (Å²) in [6, 6.07) is 10.8. The summed E-state index contributed by atoms with van der Waals surface area (Å²) in [7, 11) is 1.48. The number of ether oxygens (including phenoxy) is 1. The molecule has 3 rings (SSSR count). The van der Waals surface area contributed by atoms with Gasteiger partial charge in [-0.2, -0.15) is 0 Å². The molecule has 2 bridgehead atoms. The third-order valence-electron chi connectivity index (χ3n) is 4.38. The Morgan fingerprint density at radius 3 is 2.74 bits per heavy atom. The van der Waals surface area contributed by atoms with Gasteiger partial charge in [-0.25, -0.2) is 0 Å². The highest BCUT2D eigenvalue weighted by atomic mass is 16.5. The van der Waals surface area contributed by atoms with Gasteiger partial charge in [-0.3, -0.25) is 9.69 Å². The maximum atomic E-state index is 12.1. The van der Waals surface area contributed by atoms with Crippen LogP contribution in [0.3, 0.4) is 0 Å². The Balaban J connectivity index is 1.90. The SMILES string of the molecule is COC(=O)C1C2C=CC(C2)N1[C@@H](C)c1ccccc1. The van der Waals surface area contributed by atoms with E-state index in [2.05, 4.69) is 36.1 Å². The summed E-state index contributed by atoms with van der Waals surface area (Å²) >= 11 is 0. The van der Waals surface area contributed by atoms with Crippen molar-refractivity contribution in [3.63, 3.8) is 0 Å². The maximum absolute atomic E-state index is 12.1. The van der Waals surface area contributed by atoms with Crippen molar-refractivity contribution in [2.75, 3.05) is 7.11 Å². The molecule has 1 saturated heterocycles. The summed E-state index contributed by atoms with van der Waals surface area (Å²) in [6.07, 6.45) is 5.43. The third kappa shape index (κ3) is 1.98. The minimum atomic E-state index is -0.129. The molecule has 1 aliphatic heterocycles. The average molecular weight is 257 g/mol. The van der Waals surface area contributed by atoms with Crippen LogP contribution in [0.1, 0.15) is 24.9 Å². The van der Waals surface area contributed by atoms with Crippen molar-refractivity contribution in [3.8, 4) is 0 Å². The Bertz CT molecular complexity index is 497. The van der Waals surface area contributed by atoms with E-state index < -0.39 is 0 Å². The Morgan fingerprint density at radius 1 is 1.32 bits per heavy atom. The summed E-state index contributed by atoms with van der Waals surface area (Å²) in [5.74, 6) is 0.197. The standard InChI is InChI=1S/C16H19NO2/c1-11(12-6-4-3-5-7-12)17-14-9-8-13(10-14)15(17)16(18)19-2/h3-9,11,13-15H,10H2,1-2H3/t11-,13?,14?,15?/m0/s1. The largest absolute Gasteiger partial charge is 0.468 e. The van der Waals surface area contributed by atoms with E-state index in [0.717, 1.165) is 6.42 Å².